The zero-order chi connectivity index (χ0) is 29.9. The highest BCUT2D eigenvalue weighted by atomic mass is 19.1. The molecule has 1 aliphatic rings. The minimum atomic E-state index is -0.294. The van der Waals surface area contributed by atoms with E-state index in [2.05, 4.69) is 44.0 Å². The SMILES string of the molecule is C=C/C(=C\C(=C/C)c1cc2c(-c3nc4nccc(-c5cc(F)cc(CNC)c5)c4[nH]3)n[nH]c2cn1)NC(=C)C1CCCC1. The number of hydrogen-bond acceptors (Lipinski definition) is 6. The summed E-state index contributed by atoms with van der Waals surface area (Å²) in [6.45, 7) is 10.8. The molecule has 4 heterocycles. The number of imidazole rings is 1. The van der Waals surface area contributed by atoms with Crippen LogP contribution in [0.1, 0.15) is 43.9 Å². The Bertz CT molecular complexity index is 1890. The first-order chi connectivity index (χ1) is 21.0. The van der Waals surface area contributed by atoms with Crippen LogP contribution in [0.3, 0.4) is 0 Å². The fourth-order valence-corrected chi connectivity index (χ4v) is 5.81. The van der Waals surface area contributed by atoms with E-state index in [0.29, 0.717) is 35.1 Å². The number of rotatable bonds is 10. The predicted octanol–water partition coefficient (Wildman–Crippen LogP) is 7.19. The molecule has 1 aromatic carbocycles. The van der Waals surface area contributed by atoms with E-state index in [1.54, 1.807) is 12.4 Å². The lowest BCUT2D eigenvalue weighted by Crippen LogP contribution is -2.16. The fourth-order valence-electron chi connectivity index (χ4n) is 5.81. The highest BCUT2D eigenvalue weighted by Crippen LogP contribution is 2.33. The van der Waals surface area contributed by atoms with Crippen molar-refractivity contribution in [2.75, 3.05) is 7.05 Å². The first kappa shape index (κ1) is 28.2. The van der Waals surface area contributed by atoms with E-state index in [0.717, 1.165) is 50.3 Å². The van der Waals surface area contributed by atoms with Gasteiger partial charge in [0.15, 0.2) is 11.5 Å². The van der Waals surface area contributed by atoms with Crippen LogP contribution in [0.2, 0.25) is 0 Å². The molecule has 0 unspecified atom stereocenters. The maximum atomic E-state index is 14.5. The highest BCUT2D eigenvalue weighted by Gasteiger charge is 2.19. The molecule has 0 amide bonds. The molecule has 0 spiro atoms. The van der Waals surface area contributed by atoms with Crippen LogP contribution in [0.5, 0.6) is 0 Å². The molecule has 43 heavy (non-hydrogen) atoms. The van der Waals surface area contributed by atoms with Gasteiger partial charge < -0.3 is 15.6 Å². The maximum absolute atomic E-state index is 14.5. The van der Waals surface area contributed by atoms with Crippen molar-refractivity contribution in [3.8, 4) is 22.6 Å². The lowest BCUT2D eigenvalue weighted by atomic mass is 10.0. The molecule has 6 rings (SSSR count). The number of benzene rings is 1. The van der Waals surface area contributed by atoms with Crippen LogP contribution < -0.4 is 10.6 Å². The summed E-state index contributed by atoms with van der Waals surface area (Å²) in [6.07, 6.45) is 14.2. The molecule has 218 valence electrons. The summed E-state index contributed by atoms with van der Waals surface area (Å²) < 4.78 is 14.5. The number of halogens is 1. The van der Waals surface area contributed by atoms with Crippen molar-refractivity contribution in [3.05, 3.63) is 103 Å². The third-order valence-electron chi connectivity index (χ3n) is 8.00. The molecule has 0 aliphatic heterocycles. The van der Waals surface area contributed by atoms with Gasteiger partial charge in [0.1, 0.15) is 11.5 Å². The molecule has 1 aliphatic carbocycles. The second-order valence-electron chi connectivity index (χ2n) is 10.9. The van der Waals surface area contributed by atoms with Crippen LogP contribution in [0.25, 0.3) is 50.3 Å². The first-order valence-electron chi connectivity index (χ1n) is 14.6. The minimum Gasteiger partial charge on any atom is -0.359 e. The molecule has 0 atom stereocenters. The Morgan fingerprint density at radius 2 is 2.00 bits per heavy atom. The number of fused-ring (bicyclic) bond motifs is 2. The molecular formula is C34H35FN8. The molecule has 5 aromatic rings. The molecule has 1 fully saturated rings. The molecule has 0 bridgehead atoms. The van der Waals surface area contributed by atoms with Crippen LogP contribution in [0.4, 0.5) is 4.39 Å². The van der Waals surface area contributed by atoms with Crippen molar-refractivity contribution in [2.45, 2.75) is 39.2 Å². The van der Waals surface area contributed by atoms with E-state index in [1.807, 2.05) is 50.4 Å². The zero-order valence-electron chi connectivity index (χ0n) is 24.5. The van der Waals surface area contributed by atoms with Gasteiger partial charge in [0.25, 0.3) is 0 Å². The second kappa shape index (κ2) is 12.1. The van der Waals surface area contributed by atoms with E-state index in [1.165, 1.54) is 37.8 Å². The van der Waals surface area contributed by atoms with E-state index in [9.17, 15) is 4.39 Å². The van der Waals surface area contributed by atoms with Gasteiger partial charge in [-0.05, 0) is 91.9 Å². The smallest absolute Gasteiger partial charge is 0.178 e. The van der Waals surface area contributed by atoms with E-state index < -0.39 is 0 Å². The van der Waals surface area contributed by atoms with Gasteiger partial charge in [-0.15, -0.1) is 0 Å². The Hall–Kier alpha value is -4.89. The standard InChI is InChI=1S/C34H35FN8/c1-5-22(16-26(6-2)39-20(3)23-9-7-8-10-23)29-17-28-30(19-38-29)42-43-32(28)34-40-31-27(11-12-37-33(31)41-34)24-13-21(18-36-4)14-25(35)15-24/h5-6,11-17,19,23,36,39H,2-3,7-10,18H2,1,4H3,(H,42,43)(H,37,40,41)/b22-5+,26-16+. The number of H-pyrrole nitrogens is 2. The summed E-state index contributed by atoms with van der Waals surface area (Å²) in [5.41, 5.74) is 8.73. The Labute approximate surface area is 250 Å². The van der Waals surface area contributed by atoms with Gasteiger partial charge in [0, 0.05) is 35.1 Å². The van der Waals surface area contributed by atoms with Crippen molar-refractivity contribution in [1.82, 2.24) is 40.8 Å². The summed E-state index contributed by atoms with van der Waals surface area (Å²) in [4.78, 5) is 17.3. The number of nitrogens with one attached hydrogen (secondary N) is 4. The van der Waals surface area contributed by atoms with Gasteiger partial charge in [-0.25, -0.2) is 14.4 Å². The molecule has 4 aromatic heterocycles. The number of nitrogens with zero attached hydrogens (tertiary/aromatic N) is 4. The lowest BCUT2D eigenvalue weighted by Gasteiger charge is -2.16. The third kappa shape index (κ3) is 5.76. The predicted molar refractivity (Wildman–Crippen MR) is 171 cm³/mol. The van der Waals surface area contributed by atoms with Crippen molar-refractivity contribution in [3.63, 3.8) is 0 Å². The highest BCUT2D eigenvalue weighted by molar-refractivity contribution is 5.96. The van der Waals surface area contributed by atoms with E-state index in [4.69, 9.17) is 9.97 Å². The van der Waals surface area contributed by atoms with Crippen molar-refractivity contribution in [2.24, 2.45) is 5.92 Å². The van der Waals surface area contributed by atoms with Crippen molar-refractivity contribution < 1.29 is 4.39 Å². The maximum Gasteiger partial charge on any atom is 0.178 e. The van der Waals surface area contributed by atoms with Crippen LogP contribution >= 0.6 is 0 Å². The average Bonchev–Trinajstić information content (AvgIpc) is 3.78. The Morgan fingerprint density at radius 1 is 1.16 bits per heavy atom. The minimum absolute atomic E-state index is 0.294. The molecular weight excluding hydrogens is 539 g/mol. The van der Waals surface area contributed by atoms with Gasteiger partial charge >= 0.3 is 0 Å². The van der Waals surface area contributed by atoms with Crippen LogP contribution in [-0.4, -0.2) is 37.2 Å². The summed E-state index contributed by atoms with van der Waals surface area (Å²) in [6, 6.07) is 8.90. The molecule has 8 nitrogen and oxygen atoms in total. The fraction of sp³-hybridized carbons (Fsp3) is 0.235. The number of allylic oxidation sites excluding steroid dienone is 5. The summed E-state index contributed by atoms with van der Waals surface area (Å²) >= 11 is 0. The van der Waals surface area contributed by atoms with Gasteiger partial charge in [0.05, 0.1) is 22.9 Å². The number of aromatic nitrogens is 6. The summed E-state index contributed by atoms with van der Waals surface area (Å²) in [7, 11) is 1.84. The largest absolute Gasteiger partial charge is 0.359 e. The van der Waals surface area contributed by atoms with Gasteiger partial charge in [-0.3, -0.25) is 10.1 Å². The molecule has 1 saturated carbocycles. The van der Waals surface area contributed by atoms with Crippen molar-refractivity contribution in [1.29, 1.82) is 0 Å². The lowest BCUT2D eigenvalue weighted by molar-refractivity contribution is 0.607. The third-order valence-corrected chi connectivity index (χ3v) is 8.00. The average molecular weight is 575 g/mol. The summed E-state index contributed by atoms with van der Waals surface area (Å²) in [5.74, 6) is 0.761. The van der Waals surface area contributed by atoms with E-state index >= 15 is 0 Å². The Morgan fingerprint density at radius 3 is 2.77 bits per heavy atom. The zero-order valence-corrected chi connectivity index (χ0v) is 24.5. The summed E-state index contributed by atoms with van der Waals surface area (Å²) in [5, 5.41) is 15.1. The number of aromatic amines is 2. The molecule has 0 saturated heterocycles. The van der Waals surface area contributed by atoms with Crippen LogP contribution in [-0.2, 0) is 6.54 Å². The van der Waals surface area contributed by atoms with Crippen LogP contribution in [0.15, 0.2) is 85.5 Å². The molecule has 4 N–H and O–H groups in total. The van der Waals surface area contributed by atoms with Crippen molar-refractivity contribution >= 4 is 27.6 Å². The quantitative estimate of drug-likeness (QED) is 0.132. The first-order valence-corrected chi connectivity index (χ1v) is 14.6. The Balaban J connectivity index is 1.35. The van der Waals surface area contributed by atoms with Gasteiger partial charge in [0.2, 0.25) is 0 Å². The Kier molecular flexibility index (Phi) is 7.98. The van der Waals surface area contributed by atoms with Crippen LogP contribution in [0, 0.1) is 11.7 Å². The number of hydrogen-bond donors (Lipinski definition) is 4. The number of pyridine rings is 2. The topological polar surface area (TPSA) is 107 Å². The normalized spacial score (nSPS) is 14.6. The monoisotopic (exact) mass is 574 g/mol. The molecule has 9 heteroatoms. The van der Waals surface area contributed by atoms with E-state index in [-0.39, 0.29) is 5.82 Å². The second-order valence-corrected chi connectivity index (χ2v) is 10.9. The van der Waals surface area contributed by atoms with Gasteiger partial charge in [-0.1, -0.05) is 32.1 Å². The molecule has 0 radical (unpaired) electrons. The van der Waals surface area contributed by atoms with Gasteiger partial charge in [-0.2, -0.15) is 5.10 Å².